The number of carbonyl (C=O) groups excluding carboxylic acids is 2. The number of nitrogens with one attached hydrogen (secondary N) is 1. The van der Waals surface area contributed by atoms with E-state index in [4.69, 9.17) is 4.74 Å². The van der Waals surface area contributed by atoms with E-state index in [0.29, 0.717) is 12.1 Å². The Morgan fingerprint density at radius 3 is 2.56 bits per heavy atom. The molecule has 4 rings (SSSR count). The highest BCUT2D eigenvalue weighted by Crippen LogP contribution is 2.28. The Morgan fingerprint density at radius 2 is 1.78 bits per heavy atom. The predicted molar refractivity (Wildman–Crippen MR) is 126 cm³/mol. The summed E-state index contributed by atoms with van der Waals surface area (Å²) in [7, 11) is 0. The van der Waals surface area contributed by atoms with Gasteiger partial charge >= 0.3 is 0 Å². The zero-order valence-electron chi connectivity index (χ0n) is 18.9. The molecule has 0 spiro atoms. The van der Waals surface area contributed by atoms with Crippen molar-refractivity contribution in [1.29, 1.82) is 0 Å². The molecule has 170 valence electrons. The van der Waals surface area contributed by atoms with Crippen molar-refractivity contribution in [2.75, 3.05) is 44.3 Å². The van der Waals surface area contributed by atoms with Crippen molar-refractivity contribution in [3.8, 4) is 0 Å². The first-order valence-corrected chi connectivity index (χ1v) is 11.7. The van der Waals surface area contributed by atoms with Gasteiger partial charge in [-0.05, 0) is 62.4 Å². The molecule has 2 heterocycles. The highest BCUT2D eigenvalue weighted by Gasteiger charge is 2.29. The Bertz CT molecular complexity index is 925. The maximum atomic E-state index is 13.6. The fourth-order valence-corrected chi connectivity index (χ4v) is 4.77. The molecule has 2 saturated heterocycles. The van der Waals surface area contributed by atoms with Crippen LogP contribution in [0.5, 0.6) is 0 Å². The Labute approximate surface area is 190 Å². The Kier molecular flexibility index (Phi) is 7.43. The zero-order valence-corrected chi connectivity index (χ0v) is 18.9. The first-order chi connectivity index (χ1) is 15.6. The minimum absolute atomic E-state index is 0.0617. The first-order valence-electron chi connectivity index (χ1n) is 11.7. The molecular weight excluding hydrogens is 402 g/mol. The summed E-state index contributed by atoms with van der Waals surface area (Å²) in [6.07, 6.45) is 3.90. The monoisotopic (exact) mass is 435 g/mol. The number of likely N-dealkylation sites (tertiary alicyclic amines) is 1. The number of ether oxygens (including phenoxy) is 1. The third-order valence-electron chi connectivity index (χ3n) is 6.57. The van der Waals surface area contributed by atoms with Gasteiger partial charge in [0.25, 0.3) is 11.8 Å². The number of piperidine rings is 1. The fraction of sp³-hybridized carbons (Fsp3) is 0.462. The van der Waals surface area contributed by atoms with Crippen LogP contribution in [0.4, 0.5) is 5.69 Å². The van der Waals surface area contributed by atoms with Crippen LogP contribution in [0.25, 0.3) is 0 Å². The van der Waals surface area contributed by atoms with E-state index >= 15 is 0 Å². The van der Waals surface area contributed by atoms with Crippen molar-refractivity contribution in [2.24, 2.45) is 0 Å². The molecule has 0 bridgehead atoms. The van der Waals surface area contributed by atoms with Gasteiger partial charge in [-0.2, -0.15) is 0 Å². The van der Waals surface area contributed by atoms with Gasteiger partial charge in [-0.3, -0.25) is 9.59 Å². The minimum Gasteiger partial charge on any atom is -0.378 e. The average Bonchev–Trinajstić information content (AvgIpc) is 2.85. The molecule has 0 unspecified atom stereocenters. The van der Waals surface area contributed by atoms with Crippen LogP contribution in [-0.2, 0) is 4.74 Å². The normalized spacial score (nSPS) is 19.0. The number of nitrogens with zero attached hydrogens (tertiary/aromatic N) is 2. The molecule has 0 radical (unpaired) electrons. The molecule has 2 amide bonds. The van der Waals surface area contributed by atoms with Gasteiger partial charge in [0.05, 0.1) is 13.2 Å². The summed E-state index contributed by atoms with van der Waals surface area (Å²) >= 11 is 0. The number of morpholine rings is 1. The molecule has 2 aliphatic heterocycles. The summed E-state index contributed by atoms with van der Waals surface area (Å²) in [6.45, 7) is 6.54. The molecule has 2 aromatic rings. The maximum absolute atomic E-state index is 13.6. The van der Waals surface area contributed by atoms with Crippen molar-refractivity contribution in [1.82, 2.24) is 10.2 Å². The summed E-state index contributed by atoms with van der Waals surface area (Å²) in [5, 5.41) is 3.01. The van der Waals surface area contributed by atoms with E-state index in [0.717, 1.165) is 75.3 Å². The van der Waals surface area contributed by atoms with Crippen LogP contribution in [0.1, 0.15) is 52.0 Å². The molecule has 2 aliphatic rings. The number of hydrogen-bond donors (Lipinski definition) is 1. The van der Waals surface area contributed by atoms with Gasteiger partial charge in [0, 0.05) is 49.0 Å². The fourth-order valence-electron chi connectivity index (χ4n) is 4.77. The second-order valence-electron chi connectivity index (χ2n) is 8.61. The van der Waals surface area contributed by atoms with E-state index in [-0.39, 0.29) is 17.9 Å². The smallest absolute Gasteiger partial charge is 0.254 e. The average molecular weight is 436 g/mol. The van der Waals surface area contributed by atoms with Gasteiger partial charge in [-0.15, -0.1) is 0 Å². The lowest BCUT2D eigenvalue weighted by Crippen LogP contribution is -2.45. The lowest BCUT2D eigenvalue weighted by atomic mass is 9.96. The molecule has 2 fully saturated rings. The lowest BCUT2D eigenvalue weighted by Gasteiger charge is -2.37. The minimum atomic E-state index is -0.0617. The lowest BCUT2D eigenvalue weighted by molar-refractivity contribution is 0.0600. The van der Waals surface area contributed by atoms with Gasteiger partial charge in [0.15, 0.2) is 0 Å². The molecule has 32 heavy (non-hydrogen) atoms. The van der Waals surface area contributed by atoms with Gasteiger partial charge < -0.3 is 19.9 Å². The first kappa shape index (κ1) is 22.3. The highest BCUT2D eigenvalue weighted by molar-refractivity contribution is 5.97. The number of hydrogen-bond acceptors (Lipinski definition) is 4. The standard InChI is InChI=1S/C26H33N3O3/c1-20-23(11-7-12-24(20)28-16-18-32-19-17-28)26(31)29-15-6-5-10-22(29)13-14-27-25(30)21-8-3-2-4-9-21/h2-4,7-9,11-12,22H,5-6,10,13-19H2,1H3,(H,27,30)/t22-/m0/s1. The van der Waals surface area contributed by atoms with Crippen molar-refractivity contribution in [2.45, 2.75) is 38.6 Å². The summed E-state index contributed by atoms with van der Waals surface area (Å²) in [5.41, 5.74) is 3.62. The second kappa shape index (κ2) is 10.6. The van der Waals surface area contributed by atoms with E-state index in [1.165, 1.54) is 0 Å². The largest absolute Gasteiger partial charge is 0.378 e. The molecule has 0 saturated carbocycles. The molecule has 6 nitrogen and oxygen atoms in total. The quantitative estimate of drug-likeness (QED) is 0.753. The van der Waals surface area contributed by atoms with E-state index < -0.39 is 0 Å². The van der Waals surface area contributed by atoms with Crippen LogP contribution in [-0.4, -0.2) is 62.1 Å². The van der Waals surface area contributed by atoms with Gasteiger partial charge in [-0.1, -0.05) is 24.3 Å². The number of benzene rings is 2. The van der Waals surface area contributed by atoms with Gasteiger partial charge in [-0.25, -0.2) is 0 Å². The topological polar surface area (TPSA) is 61.9 Å². The number of anilines is 1. The molecule has 2 aromatic carbocycles. The van der Waals surface area contributed by atoms with Crippen molar-refractivity contribution in [3.63, 3.8) is 0 Å². The van der Waals surface area contributed by atoms with Crippen LogP contribution in [0.2, 0.25) is 0 Å². The van der Waals surface area contributed by atoms with E-state index in [1.807, 2.05) is 47.4 Å². The van der Waals surface area contributed by atoms with E-state index in [1.54, 1.807) is 0 Å². The maximum Gasteiger partial charge on any atom is 0.254 e. The summed E-state index contributed by atoms with van der Waals surface area (Å²) in [4.78, 5) is 30.3. The number of amides is 2. The molecule has 0 aliphatic carbocycles. The van der Waals surface area contributed by atoms with E-state index in [2.05, 4.69) is 23.2 Å². The molecular formula is C26H33N3O3. The zero-order chi connectivity index (χ0) is 22.3. The summed E-state index contributed by atoms with van der Waals surface area (Å²) in [6, 6.07) is 15.5. The van der Waals surface area contributed by atoms with Gasteiger partial charge in [0.1, 0.15) is 0 Å². The van der Waals surface area contributed by atoms with Crippen LogP contribution in [0.15, 0.2) is 48.5 Å². The van der Waals surface area contributed by atoms with Crippen molar-refractivity contribution >= 4 is 17.5 Å². The summed E-state index contributed by atoms with van der Waals surface area (Å²) in [5.74, 6) is 0.0463. The highest BCUT2D eigenvalue weighted by atomic mass is 16.5. The van der Waals surface area contributed by atoms with Crippen LogP contribution in [0.3, 0.4) is 0 Å². The third kappa shape index (κ3) is 5.13. The Hall–Kier alpha value is -2.86. The second-order valence-corrected chi connectivity index (χ2v) is 8.61. The number of rotatable bonds is 6. The predicted octanol–water partition coefficient (Wildman–Crippen LogP) is 3.65. The Morgan fingerprint density at radius 1 is 1.00 bits per heavy atom. The van der Waals surface area contributed by atoms with Crippen LogP contribution in [0, 0.1) is 6.92 Å². The molecule has 6 heteroatoms. The molecule has 0 aromatic heterocycles. The summed E-state index contributed by atoms with van der Waals surface area (Å²) < 4.78 is 5.48. The third-order valence-corrected chi connectivity index (χ3v) is 6.57. The van der Waals surface area contributed by atoms with Crippen LogP contribution < -0.4 is 10.2 Å². The van der Waals surface area contributed by atoms with Crippen molar-refractivity contribution < 1.29 is 14.3 Å². The van der Waals surface area contributed by atoms with E-state index in [9.17, 15) is 9.59 Å². The Balaban J connectivity index is 1.42. The number of carbonyl (C=O) groups is 2. The molecule has 1 atom stereocenters. The van der Waals surface area contributed by atoms with Gasteiger partial charge in [0.2, 0.25) is 0 Å². The molecule has 1 N–H and O–H groups in total. The van der Waals surface area contributed by atoms with Crippen LogP contribution >= 0.6 is 0 Å². The SMILES string of the molecule is Cc1c(C(=O)N2CCCC[C@H]2CCNC(=O)c2ccccc2)cccc1N1CCOCC1. The van der Waals surface area contributed by atoms with Crippen molar-refractivity contribution in [3.05, 3.63) is 65.2 Å².